The second-order valence-corrected chi connectivity index (χ2v) is 6.24. The summed E-state index contributed by atoms with van der Waals surface area (Å²) in [5.74, 6) is 0.561. The van der Waals surface area contributed by atoms with Crippen molar-refractivity contribution in [1.82, 2.24) is 0 Å². The molecule has 2 unspecified atom stereocenters. The van der Waals surface area contributed by atoms with E-state index in [9.17, 15) is 0 Å². The summed E-state index contributed by atoms with van der Waals surface area (Å²) in [5.41, 5.74) is 11.0. The summed E-state index contributed by atoms with van der Waals surface area (Å²) in [6.45, 7) is 0. The predicted octanol–water partition coefficient (Wildman–Crippen LogP) is 4.46. The maximum absolute atomic E-state index is 6.53. The number of hydrogen-bond donors (Lipinski definition) is 1. The van der Waals surface area contributed by atoms with Gasteiger partial charge in [-0.05, 0) is 61.1 Å². The summed E-state index contributed by atoms with van der Waals surface area (Å²) >= 11 is 0. The van der Waals surface area contributed by atoms with Crippen molar-refractivity contribution in [1.29, 1.82) is 0 Å². The molecule has 0 spiro atoms. The van der Waals surface area contributed by atoms with Crippen LogP contribution >= 0.6 is 0 Å². The molecule has 0 saturated heterocycles. The van der Waals surface area contributed by atoms with Crippen LogP contribution in [-0.4, -0.2) is 6.04 Å². The van der Waals surface area contributed by atoms with Crippen LogP contribution in [-0.2, 0) is 12.8 Å². The van der Waals surface area contributed by atoms with E-state index in [0.717, 1.165) is 12.8 Å². The van der Waals surface area contributed by atoms with Gasteiger partial charge in [0, 0.05) is 6.04 Å². The van der Waals surface area contributed by atoms with Gasteiger partial charge < -0.3 is 5.73 Å². The first-order valence-electron chi connectivity index (χ1n) is 8.22. The van der Waals surface area contributed by atoms with Crippen molar-refractivity contribution in [2.75, 3.05) is 0 Å². The van der Waals surface area contributed by atoms with Crippen LogP contribution in [0.1, 0.15) is 48.3 Å². The van der Waals surface area contributed by atoms with E-state index in [-0.39, 0.29) is 0 Å². The standard InChI is InChI=1S/C20H25N/c21-20(15-6-10-16-8-2-1-3-9-16)19-14-7-12-17-11-4-5-13-18(17)19/h1-5,8-9,11,13,19-20H,6-7,10,12,14-15,21H2. The van der Waals surface area contributed by atoms with Gasteiger partial charge in [-0.25, -0.2) is 0 Å². The Kier molecular flexibility index (Phi) is 4.72. The third-order valence-electron chi connectivity index (χ3n) is 4.78. The molecule has 0 radical (unpaired) electrons. The van der Waals surface area contributed by atoms with E-state index < -0.39 is 0 Å². The largest absolute Gasteiger partial charge is 0.327 e. The summed E-state index contributed by atoms with van der Waals surface area (Å²) in [7, 11) is 0. The van der Waals surface area contributed by atoms with E-state index in [1.807, 2.05) is 0 Å². The van der Waals surface area contributed by atoms with Crippen LogP contribution in [0.5, 0.6) is 0 Å². The average molecular weight is 279 g/mol. The van der Waals surface area contributed by atoms with Crippen molar-refractivity contribution in [2.24, 2.45) is 5.73 Å². The second-order valence-electron chi connectivity index (χ2n) is 6.24. The van der Waals surface area contributed by atoms with E-state index in [4.69, 9.17) is 5.73 Å². The van der Waals surface area contributed by atoms with Gasteiger partial charge in [-0.1, -0.05) is 54.6 Å². The average Bonchev–Trinajstić information content (AvgIpc) is 2.55. The molecule has 1 aliphatic carbocycles. The van der Waals surface area contributed by atoms with Gasteiger partial charge in [-0.15, -0.1) is 0 Å². The molecule has 1 aliphatic rings. The zero-order valence-electron chi connectivity index (χ0n) is 12.7. The van der Waals surface area contributed by atoms with Gasteiger partial charge in [0.25, 0.3) is 0 Å². The Morgan fingerprint density at radius 1 is 1.00 bits per heavy atom. The first-order chi connectivity index (χ1) is 10.3. The molecule has 0 bridgehead atoms. The minimum absolute atomic E-state index is 0.301. The Morgan fingerprint density at radius 3 is 2.62 bits per heavy atom. The van der Waals surface area contributed by atoms with Gasteiger partial charge >= 0.3 is 0 Å². The molecule has 1 heteroatoms. The van der Waals surface area contributed by atoms with Crippen LogP contribution in [0.4, 0.5) is 0 Å². The van der Waals surface area contributed by atoms with Gasteiger partial charge in [0.15, 0.2) is 0 Å². The molecule has 110 valence electrons. The molecule has 0 amide bonds. The summed E-state index contributed by atoms with van der Waals surface area (Å²) in [6.07, 6.45) is 7.21. The molecule has 2 atom stereocenters. The molecule has 1 nitrogen and oxygen atoms in total. The molecule has 0 heterocycles. The Balaban J connectivity index is 1.58. The third-order valence-corrected chi connectivity index (χ3v) is 4.78. The lowest BCUT2D eigenvalue weighted by Crippen LogP contribution is -2.31. The lowest BCUT2D eigenvalue weighted by atomic mass is 9.77. The van der Waals surface area contributed by atoms with Crippen molar-refractivity contribution in [3.63, 3.8) is 0 Å². The fourth-order valence-electron chi connectivity index (χ4n) is 3.62. The molecule has 2 aromatic carbocycles. The van der Waals surface area contributed by atoms with Gasteiger partial charge in [-0.3, -0.25) is 0 Å². The highest BCUT2D eigenvalue weighted by molar-refractivity contribution is 5.33. The molecule has 0 saturated carbocycles. The Labute approximate surface area is 128 Å². The van der Waals surface area contributed by atoms with Crippen LogP contribution < -0.4 is 5.73 Å². The van der Waals surface area contributed by atoms with Crippen molar-refractivity contribution >= 4 is 0 Å². The third kappa shape index (κ3) is 3.54. The molecule has 0 fully saturated rings. The van der Waals surface area contributed by atoms with Crippen LogP contribution in [0.2, 0.25) is 0 Å². The number of nitrogens with two attached hydrogens (primary N) is 1. The maximum atomic E-state index is 6.53. The van der Waals surface area contributed by atoms with E-state index in [0.29, 0.717) is 12.0 Å². The normalized spacial score (nSPS) is 19.0. The quantitative estimate of drug-likeness (QED) is 0.859. The van der Waals surface area contributed by atoms with Crippen molar-refractivity contribution in [3.8, 4) is 0 Å². The lowest BCUT2D eigenvalue weighted by molar-refractivity contribution is 0.433. The van der Waals surface area contributed by atoms with E-state index in [1.54, 1.807) is 0 Å². The van der Waals surface area contributed by atoms with Crippen molar-refractivity contribution < 1.29 is 0 Å². The lowest BCUT2D eigenvalue weighted by Gasteiger charge is -2.30. The number of fused-ring (bicyclic) bond motifs is 1. The fraction of sp³-hybridized carbons (Fsp3) is 0.400. The fourth-order valence-corrected chi connectivity index (χ4v) is 3.62. The second kappa shape index (κ2) is 6.91. The molecule has 2 N–H and O–H groups in total. The first-order valence-corrected chi connectivity index (χ1v) is 8.22. The predicted molar refractivity (Wildman–Crippen MR) is 89.5 cm³/mol. The maximum Gasteiger partial charge on any atom is 0.0108 e. The first kappa shape index (κ1) is 14.3. The van der Waals surface area contributed by atoms with E-state index in [2.05, 4.69) is 54.6 Å². The number of aryl methyl sites for hydroxylation is 2. The monoisotopic (exact) mass is 279 g/mol. The van der Waals surface area contributed by atoms with E-state index >= 15 is 0 Å². The highest BCUT2D eigenvalue weighted by Gasteiger charge is 2.24. The topological polar surface area (TPSA) is 26.0 Å². The summed E-state index contributed by atoms with van der Waals surface area (Å²) in [4.78, 5) is 0. The highest BCUT2D eigenvalue weighted by Crippen LogP contribution is 2.34. The van der Waals surface area contributed by atoms with Gasteiger partial charge in [0.05, 0.1) is 0 Å². The van der Waals surface area contributed by atoms with Crippen LogP contribution in [0.25, 0.3) is 0 Å². The molecular formula is C20H25N. The highest BCUT2D eigenvalue weighted by atomic mass is 14.7. The molecule has 0 aliphatic heterocycles. The molecule has 21 heavy (non-hydrogen) atoms. The molecule has 0 aromatic heterocycles. The smallest absolute Gasteiger partial charge is 0.0108 e. The van der Waals surface area contributed by atoms with Crippen LogP contribution in [0.3, 0.4) is 0 Å². The molecular weight excluding hydrogens is 254 g/mol. The van der Waals surface area contributed by atoms with Crippen LogP contribution in [0, 0.1) is 0 Å². The molecule has 2 aromatic rings. The Bertz CT molecular complexity index is 561. The zero-order chi connectivity index (χ0) is 14.5. The zero-order valence-corrected chi connectivity index (χ0v) is 12.7. The van der Waals surface area contributed by atoms with Crippen molar-refractivity contribution in [3.05, 3.63) is 71.3 Å². The SMILES string of the molecule is NC(CCCc1ccccc1)C1CCCc2ccccc21. The minimum atomic E-state index is 0.301. The summed E-state index contributed by atoms with van der Waals surface area (Å²) < 4.78 is 0. The van der Waals surface area contributed by atoms with E-state index in [1.165, 1.54) is 42.4 Å². The Hall–Kier alpha value is -1.60. The number of rotatable bonds is 5. The van der Waals surface area contributed by atoms with Gasteiger partial charge in [0.1, 0.15) is 0 Å². The van der Waals surface area contributed by atoms with Gasteiger partial charge in [0.2, 0.25) is 0 Å². The number of benzene rings is 2. The summed E-state index contributed by atoms with van der Waals surface area (Å²) in [6, 6.07) is 19.9. The summed E-state index contributed by atoms with van der Waals surface area (Å²) in [5, 5.41) is 0. The van der Waals surface area contributed by atoms with Gasteiger partial charge in [-0.2, -0.15) is 0 Å². The van der Waals surface area contributed by atoms with Crippen molar-refractivity contribution in [2.45, 2.75) is 50.5 Å². The Morgan fingerprint density at radius 2 is 1.76 bits per heavy atom. The van der Waals surface area contributed by atoms with Crippen LogP contribution in [0.15, 0.2) is 54.6 Å². The number of hydrogen-bond acceptors (Lipinski definition) is 1. The molecule has 3 rings (SSSR count). The minimum Gasteiger partial charge on any atom is -0.327 e.